The molecule has 0 heterocycles. The van der Waals surface area contributed by atoms with Crippen molar-refractivity contribution >= 4 is 5.91 Å². The van der Waals surface area contributed by atoms with Crippen molar-refractivity contribution in [3.05, 3.63) is 35.9 Å². The minimum absolute atomic E-state index is 0.198. The number of carbonyl (C=O) groups is 1. The maximum atomic E-state index is 12.4. The summed E-state index contributed by atoms with van der Waals surface area (Å²) in [6.07, 6.45) is 2.38. The largest absolute Gasteiger partial charge is 0.352 e. The summed E-state index contributed by atoms with van der Waals surface area (Å²) in [4.78, 5) is 12.4. The van der Waals surface area contributed by atoms with Gasteiger partial charge in [0.25, 0.3) is 0 Å². The predicted octanol–water partition coefficient (Wildman–Crippen LogP) is 3.62. The minimum atomic E-state index is 0.198. The Hall–Kier alpha value is -1.31. The topological polar surface area (TPSA) is 29.1 Å². The molecule has 1 aliphatic carbocycles. The first-order valence-corrected chi connectivity index (χ1v) is 7.41. The molecule has 1 unspecified atom stereocenters. The molecule has 0 radical (unpaired) electrons. The number of carbonyl (C=O) groups excluding carboxylic acids is 1. The van der Waals surface area contributed by atoms with Crippen molar-refractivity contribution in [2.75, 3.05) is 0 Å². The molecule has 0 saturated heterocycles. The van der Waals surface area contributed by atoms with Crippen LogP contribution < -0.4 is 5.32 Å². The van der Waals surface area contributed by atoms with Crippen LogP contribution in [0.4, 0.5) is 0 Å². The van der Waals surface area contributed by atoms with Crippen LogP contribution in [0, 0.1) is 23.7 Å². The van der Waals surface area contributed by atoms with Crippen molar-refractivity contribution in [2.24, 2.45) is 23.7 Å². The molecule has 2 nitrogen and oxygen atoms in total. The highest BCUT2D eigenvalue weighted by Gasteiger charge is 2.39. The van der Waals surface area contributed by atoms with Crippen molar-refractivity contribution in [1.82, 2.24) is 5.32 Å². The second-order valence-corrected chi connectivity index (χ2v) is 6.19. The van der Waals surface area contributed by atoms with E-state index in [0.717, 1.165) is 0 Å². The van der Waals surface area contributed by atoms with E-state index in [2.05, 4.69) is 38.2 Å². The molecule has 0 spiro atoms. The molecule has 1 amide bonds. The van der Waals surface area contributed by atoms with E-state index in [1.165, 1.54) is 18.4 Å². The quantitative estimate of drug-likeness (QED) is 0.879. The summed E-state index contributed by atoms with van der Waals surface area (Å²) in [5.41, 5.74) is 1.17. The molecule has 0 bridgehead atoms. The summed E-state index contributed by atoms with van der Waals surface area (Å²) in [6, 6.07) is 10.1. The summed E-state index contributed by atoms with van der Waals surface area (Å²) in [7, 11) is 0. The highest BCUT2D eigenvalue weighted by molar-refractivity contribution is 5.79. The molecule has 1 N–H and O–H groups in total. The van der Waals surface area contributed by atoms with E-state index in [-0.39, 0.29) is 11.8 Å². The molecule has 1 aromatic carbocycles. The van der Waals surface area contributed by atoms with Crippen LogP contribution in [0.5, 0.6) is 0 Å². The normalized spacial score (nSPS) is 26.6. The Morgan fingerprint density at radius 2 is 1.95 bits per heavy atom. The van der Waals surface area contributed by atoms with E-state index >= 15 is 0 Å². The van der Waals surface area contributed by atoms with Crippen LogP contribution in [0.2, 0.25) is 0 Å². The Kier molecular flexibility index (Phi) is 4.62. The van der Waals surface area contributed by atoms with Crippen LogP contribution in [0.1, 0.15) is 39.2 Å². The Labute approximate surface area is 116 Å². The molecule has 1 saturated carbocycles. The van der Waals surface area contributed by atoms with Crippen molar-refractivity contribution in [3.8, 4) is 0 Å². The minimum Gasteiger partial charge on any atom is -0.352 e. The highest BCUT2D eigenvalue weighted by Crippen LogP contribution is 2.41. The van der Waals surface area contributed by atoms with Gasteiger partial charge >= 0.3 is 0 Å². The Morgan fingerprint density at radius 3 is 2.58 bits per heavy atom. The van der Waals surface area contributed by atoms with Gasteiger partial charge in [-0.3, -0.25) is 4.79 Å². The second kappa shape index (κ2) is 6.23. The van der Waals surface area contributed by atoms with Gasteiger partial charge in [0, 0.05) is 12.5 Å². The highest BCUT2D eigenvalue weighted by atomic mass is 16.1. The number of amides is 1. The van der Waals surface area contributed by atoms with Gasteiger partial charge in [-0.15, -0.1) is 0 Å². The van der Waals surface area contributed by atoms with Crippen LogP contribution in [0.3, 0.4) is 0 Å². The summed E-state index contributed by atoms with van der Waals surface area (Å²) >= 11 is 0. The van der Waals surface area contributed by atoms with E-state index in [1.807, 2.05) is 18.2 Å². The molecule has 104 valence electrons. The van der Waals surface area contributed by atoms with Gasteiger partial charge in [0.2, 0.25) is 5.91 Å². The molecule has 1 aromatic rings. The lowest BCUT2D eigenvalue weighted by Crippen LogP contribution is -2.36. The van der Waals surface area contributed by atoms with Gasteiger partial charge in [-0.1, -0.05) is 51.1 Å². The standard InChI is InChI=1S/C17H25NO/c1-12(2)15-10-9-13(3)16(15)17(19)18-11-14-7-5-4-6-8-14/h4-8,12-13,15-16H,9-11H2,1-3H3,(H,18,19)/t13?,15-,16+/m1/s1. The van der Waals surface area contributed by atoms with Crippen molar-refractivity contribution < 1.29 is 4.79 Å². The molecule has 0 aliphatic heterocycles. The van der Waals surface area contributed by atoms with E-state index in [4.69, 9.17) is 0 Å². The number of benzene rings is 1. The van der Waals surface area contributed by atoms with Gasteiger partial charge < -0.3 is 5.32 Å². The Morgan fingerprint density at radius 1 is 1.26 bits per heavy atom. The molecule has 19 heavy (non-hydrogen) atoms. The molecule has 0 aromatic heterocycles. The Bertz CT molecular complexity index is 413. The number of hydrogen-bond donors (Lipinski definition) is 1. The predicted molar refractivity (Wildman–Crippen MR) is 78.5 cm³/mol. The molecular formula is C17H25NO. The third-order valence-corrected chi connectivity index (χ3v) is 4.50. The van der Waals surface area contributed by atoms with Crippen LogP contribution in [0.25, 0.3) is 0 Å². The van der Waals surface area contributed by atoms with Gasteiger partial charge in [0.15, 0.2) is 0 Å². The van der Waals surface area contributed by atoms with Crippen molar-refractivity contribution in [1.29, 1.82) is 0 Å². The monoisotopic (exact) mass is 259 g/mol. The summed E-state index contributed by atoms with van der Waals surface area (Å²) in [5, 5.41) is 3.12. The van der Waals surface area contributed by atoms with Crippen LogP contribution in [0.15, 0.2) is 30.3 Å². The average Bonchev–Trinajstić information content (AvgIpc) is 2.79. The van der Waals surface area contributed by atoms with E-state index in [9.17, 15) is 4.79 Å². The zero-order valence-electron chi connectivity index (χ0n) is 12.2. The van der Waals surface area contributed by atoms with Crippen LogP contribution in [-0.2, 0) is 11.3 Å². The van der Waals surface area contributed by atoms with Gasteiger partial charge in [-0.2, -0.15) is 0 Å². The molecule has 1 fully saturated rings. The lowest BCUT2D eigenvalue weighted by molar-refractivity contribution is -0.127. The summed E-state index contributed by atoms with van der Waals surface area (Å²) in [5.74, 6) is 2.10. The number of nitrogens with one attached hydrogen (secondary N) is 1. The number of rotatable bonds is 4. The van der Waals surface area contributed by atoms with Gasteiger partial charge in [-0.05, 0) is 36.2 Å². The number of hydrogen-bond acceptors (Lipinski definition) is 1. The molecular weight excluding hydrogens is 234 g/mol. The fraction of sp³-hybridized carbons (Fsp3) is 0.588. The lowest BCUT2D eigenvalue weighted by Gasteiger charge is -2.25. The van der Waals surface area contributed by atoms with Gasteiger partial charge in [0.1, 0.15) is 0 Å². The smallest absolute Gasteiger partial charge is 0.223 e. The maximum Gasteiger partial charge on any atom is 0.223 e. The summed E-state index contributed by atoms with van der Waals surface area (Å²) < 4.78 is 0. The van der Waals surface area contributed by atoms with Crippen molar-refractivity contribution in [2.45, 2.75) is 40.2 Å². The van der Waals surface area contributed by atoms with Crippen molar-refractivity contribution in [3.63, 3.8) is 0 Å². The second-order valence-electron chi connectivity index (χ2n) is 6.19. The zero-order chi connectivity index (χ0) is 13.8. The van der Waals surface area contributed by atoms with Crippen LogP contribution in [-0.4, -0.2) is 5.91 Å². The third-order valence-electron chi connectivity index (χ3n) is 4.50. The molecule has 3 atom stereocenters. The summed E-state index contributed by atoms with van der Waals surface area (Å²) in [6.45, 7) is 7.34. The molecule has 2 heteroatoms. The first-order valence-electron chi connectivity index (χ1n) is 7.41. The first-order chi connectivity index (χ1) is 9.09. The maximum absolute atomic E-state index is 12.4. The van der Waals surface area contributed by atoms with Gasteiger partial charge in [0.05, 0.1) is 0 Å². The average molecular weight is 259 g/mol. The molecule has 2 rings (SSSR count). The Balaban J connectivity index is 1.95. The van der Waals surface area contributed by atoms with E-state index < -0.39 is 0 Å². The fourth-order valence-electron chi connectivity index (χ4n) is 3.34. The van der Waals surface area contributed by atoms with Gasteiger partial charge in [-0.25, -0.2) is 0 Å². The molecule has 1 aliphatic rings. The first kappa shape index (κ1) is 14.1. The fourth-order valence-corrected chi connectivity index (χ4v) is 3.34. The van der Waals surface area contributed by atoms with E-state index in [0.29, 0.717) is 24.3 Å². The van der Waals surface area contributed by atoms with Crippen LogP contribution >= 0.6 is 0 Å². The SMILES string of the molecule is CC(C)[C@H]1CCC(C)[C@@H]1C(=O)NCc1ccccc1. The lowest BCUT2D eigenvalue weighted by atomic mass is 9.82. The third kappa shape index (κ3) is 3.37. The zero-order valence-corrected chi connectivity index (χ0v) is 12.2. The van der Waals surface area contributed by atoms with E-state index in [1.54, 1.807) is 0 Å².